The van der Waals surface area contributed by atoms with Crippen molar-refractivity contribution < 1.29 is 80.2 Å². The monoisotopic (exact) mass is 1210 g/mol. The number of phosphoric acid groups is 2. The molecule has 5 atom stereocenters. The van der Waals surface area contributed by atoms with Gasteiger partial charge in [-0.05, 0) is 25.7 Å². The van der Waals surface area contributed by atoms with Gasteiger partial charge in [0.05, 0.1) is 26.4 Å². The smallest absolute Gasteiger partial charge is 0.462 e. The van der Waals surface area contributed by atoms with Crippen molar-refractivity contribution in [3.8, 4) is 0 Å². The molecular weight excluding hydrogens is 1090 g/mol. The molecule has 0 amide bonds. The number of phosphoric ester groups is 2. The number of hydrogen-bond acceptors (Lipinski definition) is 15. The Morgan fingerprint density at radius 1 is 0.293 bits per heavy atom. The zero-order chi connectivity index (χ0) is 60.5. The normalized spacial score (nSPS) is 14.2. The van der Waals surface area contributed by atoms with Crippen LogP contribution >= 0.6 is 15.6 Å². The van der Waals surface area contributed by atoms with Crippen LogP contribution in [0.4, 0.5) is 0 Å². The van der Waals surface area contributed by atoms with E-state index in [1.807, 2.05) is 0 Å². The highest BCUT2D eigenvalue weighted by Gasteiger charge is 2.30. The molecule has 2 unspecified atom stereocenters. The lowest BCUT2D eigenvalue weighted by Crippen LogP contribution is -2.30. The van der Waals surface area contributed by atoms with Gasteiger partial charge in [0.1, 0.15) is 19.3 Å². The number of aliphatic hydroxyl groups excluding tert-OH is 1. The van der Waals surface area contributed by atoms with E-state index in [0.29, 0.717) is 25.7 Å². The molecule has 0 aromatic heterocycles. The highest BCUT2D eigenvalue weighted by molar-refractivity contribution is 7.47. The van der Waals surface area contributed by atoms with Crippen LogP contribution in [0.25, 0.3) is 0 Å². The summed E-state index contributed by atoms with van der Waals surface area (Å²) in [6.45, 7) is 4.86. The quantitative estimate of drug-likeness (QED) is 0.0222. The third kappa shape index (κ3) is 57.2. The first-order valence-corrected chi connectivity index (χ1v) is 36.3. The van der Waals surface area contributed by atoms with Gasteiger partial charge in [-0.3, -0.25) is 37.3 Å². The Balaban J connectivity index is 5.23. The lowest BCUT2D eigenvalue weighted by molar-refractivity contribution is -0.161. The van der Waals surface area contributed by atoms with Crippen molar-refractivity contribution >= 4 is 39.5 Å². The van der Waals surface area contributed by atoms with Crippen LogP contribution in [0.2, 0.25) is 0 Å². The van der Waals surface area contributed by atoms with Crippen molar-refractivity contribution in [2.24, 2.45) is 0 Å². The molecule has 0 rings (SSSR count). The van der Waals surface area contributed by atoms with E-state index in [2.05, 4.69) is 27.7 Å². The summed E-state index contributed by atoms with van der Waals surface area (Å²) < 4.78 is 67.9. The van der Waals surface area contributed by atoms with Gasteiger partial charge in [-0.2, -0.15) is 0 Å². The highest BCUT2D eigenvalue weighted by atomic mass is 31.2. The average molecular weight is 1210 g/mol. The highest BCUT2D eigenvalue weighted by Crippen LogP contribution is 2.45. The predicted molar refractivity (Wildman–Crippen MR) is 326 cm³/mol. The third-order valence-corrected chi connectivity index (χ3v) is 16.5. The first-order valence-electron chi connectivity index (χ1n) is 33.3. The summed E-state index contributed by atoms with van der Waals surface area (Å²) in [5, 5.41) is 10.5. The van der Waals surface area contributed by atoms with Crippen LogP contribution < -0.4 is 0 Å². The Hall–Kier alpha value is -1.94. The first kappa shape index (κ1) is 80.1. The lowest BCUT2D eigenvalue weighted by Gasteiger charge is -2.21. The number of hydrogen-bond donors (Lipinski definition) is 3. The van der Waals surface area contributed by atoms with Gasteiger partial charge in [-0.15, -0.1) is 0 Å². The molecule has 0 saturated heterocycles. The van der Waals surface area contributed by atoms with Gasteiger partial charge in [-0.25, -0.2) is 9.13 Å². The summed E-state index contributed by atoms with van der Waals surface area (Å²) >= 11 is 0. The van der Waals surface area contributed by atoms with E-state index in [0.717, 1.165) is 89.9 Å². The molecule has 3 N–H and O–H groups in total. The Morgan fingerprint density at radius 3 is 0.720 bits per heavy atom. The van der Waals surface area contributed by atoms with Crippen LogP contribution in [-0.4, -0.2) is 96.7 Å². The predicted octanol–water partition coefficient (Wildman–Crippen LogP) is 17.5. The number of carbonyl (C=O) groups excluding carboxylic acids is 4. The van der Waals surface area contributed by atoms with Crippen molar-refractivity contribution in [1.29, 1.82) is 0 Å². The number of unbranched alkanes of at least 4 members (excludes halogenated alkanes) is 38. The Kier molecular flexibility index (Phi) is 56.7. The lowest BCUT2D eigenvalue weighted by atomic mass is 10.0. The minimum Gasteiger partial charge on any atom is -0.462 e. The maximum Gasteiger partial charge on any atom is 0.472 e. The molecule has 19 heteroatoms. The van der Waals surface area contributed by atoms with Crippen molar-refractivity contribution in [2.45, 2.75) is 341 Å². The number of rotatable bonds is 64. The molecule has 0 spiro atoms. The summed E-state index contributed by atoms with van der Waals surface area (Å²) in [4.78, 5) is 72.1. The van der Waals surface area contributed by atoms with Crippen molar-refractivity contribution in [3.05, 3.63) is 0 Å². The second kappa shape index (κ2) is 58.1. The van der Waals surface area contributed by atoms with Crippen molar-refractivity contribution in [3.63, 3.8) is 0 Å². The first-order chi connectivity index (χ1) is 39.7. The molecule has 0 heterocycles. The summed E-state index contributed by atoms with van der Waals surface area (Å²) in [5.74, 6) is -2.13. The van der Waals surface area contributed by atoms with E-state index in [4.69, 9.17) is 37.0 Å². The van der Waals surface area contributed by atoms with Crippen LogP contribution in [0.1, 0.15) is 323 Å². The second-order valence-electron chi connectivity index (χ2n) is 22.8. The van der Waals surface area contributed by atoms with Crippen molar-refractivity contribution in [1.82, 2.24) is 0 Å². The fourth-order valence-electron chi connectivity index (χ4n) is 9.46. The molecule has 0 aromatic carbocycles. The molecular formula is C63H122O17P2. The topological polar surface area (TPSA) is 237 Å². The summed E-state index contributed by atoms with van der Waals surface area (Å²) in [6, 6.07) is 0. The second-order valence-corrected chi connectivity index (χ2v) is 25.7. The van der Waals surface area contributed by atoms with Crippen molar-refractivity contribution in [2.75, 3.05) is 39.6 Å². The molecule has 0 aliphatic carbocycles. The Bertz CT molecular complexity index is 1590. The number of esters is 4. The van der Waals surface area contributed by atoms with Gasteiger partial charge in [0.2, 0.25) is 0 Å². The molecule has 0 bridgehead atoms. The van der Waals surface area contributed by atoms with E-state index < -0.39 is 97.5 Å². The van der Waals surface area contributed by atoms with Gasteiger partial charge < -0.3 is 33.8 Å². The van der Waals surface area contributed by atoms with Crippen LogP contribution in [0.3, 0.4) is 0 Å². The molecule has 0 fully saturated rings. The zero-order valence-electron chi connectivity index (χ0n) is 52.5. The maximum atomic E-state index is 13.0. The summed E-state index contributed by atoms with van der Waals surface area (Å²) in [5.41, 5.74) is 0. The van der Waals surface area contributed by atoms with Gasteiger partial charge >= 0.3 is 39.5 Å². The molecule has 0 radical (unpaired) electrons. The average Bonchev–Trinajstić information content (AvgIpc) is 3.46. The van der Waals surface area contributed by atoms with E-state index in [1.165, 1.54) is 154 Å². The number of ether oxygens (including phenoxy) is 4. The van der Waals surface area contributed by atoms with E-state index in [9.17, 15) is 43.2 Å². The fraction of sp³-hybridized carbons (Fsp3) is 0.937. The van der Waals surface area contributed by atoms with Crippen LogP contribution in [0.5, 0.6) is 0 Å². The minimum absolute atomic E-state index is 0.107. The summed E-state index contributed by atoms with van der Waals surface area (Å²) in [6.07, 6.45) is 42.9. The van der Waals surface area contributed by atoms with E-state index in [-0.39, 0.29) is 25.7 Å². The molecule has 0 saturated carbocycles. The number of aliphatic hydroxyl groups is 1. The Morgan fingerprint density at radius 2 is 0.488 bits per heavy atom. The third-order valence-electron chi connectivity index (χ3n) is 14.6. The minimum atomic E-state index is -4.94. The fourth-order valence-corrected chi connectivity index (χ4v) is 11.0. The SMILES string of the molecule is CCCCCCCCCCCCCCC(=O)O[C@H](COC(=O)CCCCCCCCCCCCC)COP(=O)(O)OC[C@@H](O)COP(=O)(O)OC[C@@H](COC(=O)CCCCCCCCCCC)OC(=O)CCCCCCCCCCCC. The van der Waals surface area contributed by atoms with Gasteiger partial charge in [0.15, 0.2) is 12.2 Å². The summed E-state index contributed by atoms with van der Waals surface area (Å²) in [7, 11) is -9.88. The van der Waals surface area contributed by atoms with Gasteiger partial charge in [0.25, 0.3) is 0 Å². The molecule has 0 aliphatic heterocycles. The zero-order valence-corrected chi connectivity index (χ0v) is 54.2. The maximum absolute atomic E-state index is 13.0. The molecule has 17 nitrogen and oxygen atoms in total. The van der Waals surface area contributed by atoms with E-state index >= 15 is 0 Å². The van der Waals surface area contributed by atoms with E-state index in [1.54, 1.807) is 0 Å². The largest absolute Gasteiger partial charge is 0.472 e. The molecule has 486 valence electrons. The van der Waals surface area contributed by atoms with Crippen LogP contribution in [0, 0.1) is 0 Å². The Labute approximate surface area is 498 Å². The molecule has 0 aliphatic rings. The standard InChI is InChI=1S/C63H122O17P2/c1-5-9-13-17-21-25-28-30-34-38-42-46-50-63(68)80-59(54-74-61(66)48-44-40-36-33-29-26-22-18-14-10-6-2)56-78-82(71,72)76-52-57(64)51-75-81(69,70)77-55-58(53-73-60(65)47-43-39-35-31-24-20-16-12-8-4)79-62(67)49-45-41-37-32-27-23-19-15-11-7-3/h57-59,64H,5-56H2,1-4H3,(H,69,70)(H,71,72)/t57-,58+,59+/m0/s1. The van der Waals surface area contributed by atoms with Crippen LogP contribution in [0.15, 0.2) is 0 Å². The van der Waals surface area contributed by atoms with Gasteiger partial charge in [0, 0.05) is 25.7 Å². The number of carbonyl (C=O) groups is 4. The molecule has 82 heavy (non-hydrogen) atoms. The van der Waals surface area contributed by atoms with Gasteiger partial charge in [-0.1, -0.05) is 272 Å². The molecule has 0 aromatic rings. The van der Waals surface area contributed by atoms with Crippen LogP contribution in [-0.2, 0) is 65.4 Å².